The summed E-state index contributed by atoms with van der Waals surface area (Å²) in [5.41, 5.74) is 1.65. The molecule has 8 heteroatoms. The molecule has 0 radical (unpaired) electrons. The highest BCUT2D eigenvalue weighted by Crippen LogP contribution is 2.25. The van der Waals surface area contributed by atoms with E-state index in [1.807, 2.05) is 24.3 Å². The number of piperidine rings is 1. The number of carboxylic acids is 1. The van der Waals surface area contributed by atoms with Crippen LogP contribution in [-0.4, -0.2) is 40.2 Å². The zero-order chi connectivity index (χ0) is 18.7. The first-order valence-corrected chi connectivity index (χ1v) is 9.32. The van der Waals surface area contributed by atoms with Gasteiger partial charge in [-0.3, -0.25) is 14.6 Å². The number of nitrogens with zero attached hydrogens (tertiary/aromatic N) is 2. The van der Waals surface area contributed by atoms with E-state index in [-0.39, 0.29) is 11.6 Å². The van der Waals surface area contributed by atoms with Crippen LogP contribution in [0.2, 0.25) is 0 Å². The highest BCUT2D eigenvalue weighted by Gasteiger charge is 2.21. The predicted molar refractivity (Wildman–Crippen MR) is 104 cm³/mol. The van der Waals surface area contributed by atoms with Crippen LogP contribution >= 0.6 is 15.9 Å². The Hall–Kier alpha value is -2.35. The second kappa shape index (κ2) is 7.90. The van der Waals surface area contributed by atoms with Gasteiger partial charge in [0.25, 0.3) is 5.56 Å². The van der Waals surface area contributed by atoms with Crippen LogP contribution in [0.25, 0.3) is 0 Å². The van der Waals surface area contributed by atoms with E-state index >= 15 is 0 Å². The van der Waals surface area contributed by atoms with Gasteiger partial charge in [0.1, 0.15) is 4.47 Å². The van der Waals surface area contributed by atoms with Gasteiger partial charge >= 0.3 is 5.97 Å². The van der Waals surface area contributed by atoms with Crippen LogP contribution < -0.4 is 15.8 Å². The molecule has 1 aliphatic rings. The van der Waals surface area contributed by atoms with E-state index in [9.17, 15) is 14.7 Å². The molecule has 1 aliphatic heterocycles. The maximum Gasteiger partial charge on any atom is 0.310 e. The molecule has 26 heavy (non-hydrogen) atoms. The van der Waals surface area contributed by atoms with Gasteiger partial charge in [-0.15, -0.1) is 0 Å². The van der Waals surface area contributed by atoms with Crippen LogP contribution in [0.1, 0.15) is 31.2 Å². The number of aromatic amines is 1. The number of benzene rings is 1. The zero-order valence-electron chi connectivity index (χ0n) is 14.4. The molecule has 0 saturated carbocycles. The van der Waals surface area contributed by atoms with Gasteiger partial charge in [0.2, 0.25) is 5.95 Å². The third-order valence-corrected chi connectivity index (χ3v) is 5.26. The summed E-state index contributed by atoms with van der Waals surface area (Å²) in [5.74, 6) is -0.857. The Kier molecular flexibility index (Phi) is 5.61. The van der Waals surface area contributed by atoms with Gasteiger partial charge < -0.3 is 15.3 Å². The quantitative estimate of drug-likeness (QED) is 0.687. The first-order chi connectivity index (χ1) is 12.4. The van der Waals surface area contributed by atoms with Gasteiger partial charge in [0.15, 0.2) is 0 Å². The molecule has 3 N–H and O–H groups in total. The lowest BCUT2D eigenvalue weighted by Gasteiger charge is -2.34. The summed E-state index contributed by atoms with van der Waals surface area (Å²) in [6, 6.07) is 7.97. The number of nitrogens with one attached hydrogen (secondary N) is 2. The summed E-state index contributed by atoms with van der Waals surface area (Å²) in [6.45, 7) is 3.40. The fourth-order valence-corrected chi connectivity index (χ4v) is 3.26. The molecule has 7 nitrogen and oxygen atoms in total. The Morgan fingerprint density at radius 1 is 1.42 bits per heavy atom. The summed E-state index contributed by atoms with van der Waals surface area (Å²) in [5, 5.41) is 12.5. The number of aromatic nitrogens is 2. The van der Waals surface area contributed by atoms with Crippen LogP contribution in [0.4, 0.5) is 11.6 Å². The van der Waals surface area contributed by atoms with E-state index in [1.54, 1.807) is 6.92 Å². The Morgan fingerprint density at radius 3 is 2.81 bits per heavy atom. The van der Waals surface area contributed by atoms with Crippen molar-refractivity contribution in [1.82, 2.24) is 9.97 Å². The molecule has 3 rings (SSSR count). The van der Waals surface area contributed by atoms with Gasteiger partial charge in [-0.2, -0.15) is 0 Å². The van der Waals surface area contributed by atoms with E-state index < -0.39 is 11.9 Å². The molecular formula is C18H21BrN4O3. The molecule has 0 aliphatic carbocycles. The van der Waals surface area contributed by atoms with Crippen LogP contribution in [0, 0.1) is 0 Å². The molecule has 2 aromatic rings. The lowest BCUT2D eigenvalue weighted by atomic mass is 9.99. The van der Waals surface area contributed by atoms with Crippen molar-refractivity contribution >= 4 is 33.5 Å². The standard InChI is InChI=1S/C18H21BrN4O3/c1-11(17(25)26)12-3-2-4-14(9-12)23-7-5-13(6-8-23)21-18-20-10-15(19)16(24)22-18/h2-4,9-11,13H,5-8H2,1H3,(H,25,26)(H2,20,21,22,24). The predicted octanol–water partition coefficient (Wildman–Crippen LogP) is 2.80. The SMILES string of the molecule is CC(C(=O)O)c1cccc(N2CCC(Nc3ncc(Br)c(=O)[nH]3)CC2)c1. The van der Waals surface area contributed by atoms with Crippen molar-refractivity contribution in [1.29, 1.82) is 0 Å². The van der Waals surface area contributed by atoms with E-state index in [2.05, 4.69) is 36.1 Å². The van der Waals surface area contributed by atoms with Crippen LogP contribution in [0.5, 0.6) is 0 Å². The average molecular weight is 421 g/mol. The number of aliphatic carboxylic acids is 1. The summed E-state index contributed by atoms with van der Waals surface area (Å²) in [7, 11) is 0. The number of halogens is 1. The monoisotopic (exact) mass is 420 g/mol. The first-order valence-electron chi connectivity index (χ1n) is 8.53. The fraction of sp³-hybridized carbons (Fsp3) is 0.389. The second-order valence-corrected chi connectivity index (χ2v) is 7.32. The Morgan fingerprint density at radius 2 is 2.15 bits per heavy atom. The molecule has 1 aromatic heterocycles. The van der Waals surface area contributed by atoms with Crippen molar-refractivity contribution in [2.45, 2.75) is 31.7 Å². The van der Waals surface area contributed by atoms with E-state index in [0.717, 1.165) is 37.2 Å². The zero-order valence-corrected chi connectivity index (χ0v) is 16.0. The van der Waals surface area contributed by atoms with Crippen molar-refractivity contribution in [3.8, 4) is 0 Å². The molecule has 0 bridgehead atoms. The van der Waals surface area contributed by atoms with Crippen molar-refractivity contribution in [3.63, 3.8) is 0 Å². The molecule has 1 unspecified atom stereocenters. The van der Waals surface area contributed by atoms with Crippen molar-refractivity contribution in [2.75, 3.05) is 23.3 Å². The average Bonchev–Trinajstić information content (AvgIpc) is 2.65. The van der Waals surface area contributed by atoms with Crippen LogP contribution in [-0.2, 0) is 4.79 Å². The summed E-state index contributed by atoms with van der Waals surface area (Å²) >= 11 is 3.14. The molecule has 1 fully saturated rings. The number of hydrogen-bond acceptors (Lipinski definition) is 5. The van der Waals surface area contributed by atoms with Crippen molar-refractivity contribution in [2.24, 2.45) is 0 Å². The van der Waals surface area contributed by atoms with Crippen LogP contribution in [0.15, 0.2) is 39.7 Å². The minimum Gasteiger partial charge on any atom is -0.481 e. The molecule has 0 spiro atoms. The van der Waals surface area contributed by atoms with Crippen LogP contribution in [0.3, 0.4) is 0 Å². The van der Waals surface area contributed by atoms with E-state index in [4.69, 9.17) is 0 Å². The molecule has 2 heterocycles. The number of hydrogen-bond donors (Lipinski definition) is 3. The molecule has 0 amide bonds. The van der Waals surface area contributed by atoms with Gasteiger partial charge in [-0.05, 0) is 53.4 Å². The number of H-pyrrole nitrogens is 1. The third kappa shape index (κ3) is 4.24. The number of carboxylic acid groups (broad SMARTS) is 1. The molecule has 1 aromatic carbocycles. The lowest BCUT2D eigenvalue weighted by molar-refractivity contribution is -0.138. The summed E-state index contributed by atoms with van der Waals surface area (Å²) in [6.07, 6.45) is 3.29. The lowest BCUT2D eigenvalue weighted by Crippen LogP contribution is -2.39. The molecular weight excluding hydrogens is 400 g/mol. The van der Waals surface area contributed by atoms with E-state index in [0.29, 0.717) is 10.4 Å². The highest BCUT2D eigenvalue weighted by atomic mass is 79.9. The Bertz CT molecular complexity index is 846. The minimum absolute atomic E-state index is 0.204. The van der Waals surface area contributed by atoms with Crippen molar-refractivity contribution < 1.29 is 9.90 Å². The smallest absolute Gasteiger partial charge is 0.310 e. The normalized spacial score (nSPS) is 16.3. The second-order valence-electron chi connectivity index (χ2n) is 6.47. The molecule has 138 valence electrons. The molecule has 1 atom stereocenters. The number of rotatable bonds is 5. The number of anilines is 2. The minimum atomic E-state index is -0.818. The Labute approximate surface area is 159 Å². The molecule has 1 saturated heterocycles. The number of carbonyl (C=O) groups is 1. The van der Waals surface area contributed by atoms with Gasteiger partial charge in [0, 0.05) is 24.8 Å². The Balaban J connectivity index is 1.61. The highest BCUT2D eigenvalue weighted by molar-refractivity contribution is 9.10. The van der Waals surface area contributed by atoms with Crippen molar-refractivity contribution in [3.05, 3.63) is 50.9 Å². The summed E-state index contributed by atoms with van der Waals surface area (Å²) < 4.78 is 0.411. The summed E-state index contributed by atoms with van der Waals surface area (Å²) in [4.78, 5) is 31.9. The van der Waals surface area contributed by atoms with E-state index in [1.165, 1.54) is 6.20 Å². The van der Waals surface area contributed by atoms with Gasteiger partial charge in [-0.1, -0.05) is 12.1 Å². The topological polar surface area (TPSA) is 98.3 Å². The maximum absolute atomic E-state index is 11.6. The first kappa shape index (κ1) is 18.4. The third-order valence-electron chi connectivity index (χ3n) is 4.70. The largest absolute Gasteiger partial charge is 0.481 e. The van der Waals surface area contributed by atoms with Gasteiger partial charge in [-0.25, -0.2) is 4.98 Å². The maximum atomic E-state index is 11.6. The van der Waals surface area contributed by atoms with Gasteiger partial charge in [0.05, 0.1) is 12.1 Å². The fourth-order valence-electron chi connectivity index (χ4n) is 3.06.